The molecule has 0 radical (unpaired) electrons. The maximum absolute atomic E-state index is 14.3. The Labute approximate surface area is 227 Å². The predicted molar refractivity (Wildman–Crippen MR) is 148 cm³/mol. The van der Waals surface area contributed by atoms with Gasteiger partial charge >= 0.3 is 6.09 Å². The summed E-state index contributed by atoms with van der Waals surface area (Å²) in [6, 6.07) is 9.85. The van der Waals surface area contributed by atoms with E-state index >= 15 is 0 Å². The molecule has 1 heterocycles. The molecule has 0 aliphatic heterocycles. The number of aromatic nitrogens is 2. The number of aryl methyl sites for hydroxylation is 2. The van der Waals surface area contributed by atoms with Crippen molar-refractivity contribution in [2.45, 2.75) is 60.0 Å². The molecular formula is C28H35FN4O4S. The van der Waals surface area contributed by atoms with Crippen LogP contribution in [0.2, 0.25) is 0 Å². The number of anilines is 1. The molecule has 0 unspecified atom stereocenters. The average Bonchev–Trinajstić information content (AvgIpc) is 3.32. The highest BCUT2D eigenvalue weighted by Gasteiger charge is 2.24. The van der Waals surface area contributed by atoms with Crippen LogP contribution >= 0.6 is 11.3 Å². The molecule has 0 aliphatic rings. The second-order valence-corrected chi connectivity index (χ2v) is 10.9. The highest BCUT2D eigenvalue weighted by molar-refractivity contribution is 7.18. The quantitative estimate of drug-likeness (QED) is 0.302. The number of carbonyl (C=O) groups excluding carboxylic acids is 2. The van der Waals surface area contributed by atoms with Crippen LogP contribution in [-0.4, -0.2) is 47.5 Å². The highest BCUT2D eigenvalue weighted by atomic mass is 32.1. The van der Waals surface area contributed by atoms with Crippen molar-refractivity contribution in [1.82, 2.24) is 15.5 Å². The lowest BCUT2D eigenvalue weighted by atomic mass is 10.1. The second-order valence-electron chi connectivity index (χ2n) is 9.90. The van der Waals surface area contributed by atoms with Gasteiger partial charge in [-0.2, -0.15) is 0 Å². The number of rotatable bonds is 10. The summed E-state index contributed by atoms with van der Waals surface area (Å²) in [5.74, 6) is -0.272. The fraction of sp³-hybridized carbons (Fsp3) is 0.429. The van der Waals surface area contributed by atoms with Crippen molar-refractivity contribution in [2.75, 3.05) is 24.6 Å². The summed E-state index contributed by atoms with van der Waals surface area (Å²) in [5.41, 5.74) is 2.10. The minimum atomic E-state index is -0.563. The van der Waals surface area contributed by atoms with Gasteiger partial charge in [0.1, 0.15) is 28.8 Å². The Morgan fingerprint density at radius 1 is 1.11 bits per heavy atom. The molecule has 0 bridgehead atoms. The van der Waals surface area contributed by atoms with Gasteiger partial charge in [-0.05, 0) is 76.4 Å². The van der Waals surface area contributed by atoms with Crippen LogP contribution in [0.1, 0.15) is 62.0 Å². The Balaban J connectivity index is 1.73. The fourth-order valence-electron chi connectivity index (χ4n) is 3.74. The molecule has 38 heavy (non-hydrogen) atoms. The molecule has 0 fully saturated rings. The molecule has 0 aliphatic carbocycles. The van der Waals surface area contributed by atoms with Crippen LogP contribution in [0, 0.1) is 19.7 Å². The first-order chi connectivity index (χ1) is 18.0. The third-order valence-electron chi connectivity index (χ3n) is 5.45. The molecule has 3 rings (SSSR count). The summed E-state index contributed by atoms with van der Waals surface area (Å²) >= 11 is 1.28. The van der Waals surface area contributed by atoms with Crippen LogP contribution in [0.25, 0.3) is 10.6 Å². The Kier molecular flexibility index (Phi) is 9.79. The molecule has 10 heteroatoms. The first kappa shape index (κ1) is 29.0. The molecule has 8 nitrogen and oxygen atoms in total. The summed E-state index contributed by atoms with van der Waals surface area (Å²) < 4.78 is 25.5. The van der Waals surface area contributed by atoms with Crippen molar-refractivity contribution in [3.63, 3.8) is 0 Å². The average molecular weight is 543 g/mol. The molecule has 1 N–H and O–H groups in total. The molecule has 204 valence electrons. The molecule has 3 aromatic rings. The van der Waals surface area contributed by atoms with Gasteiger partial charge in [0.05, 0.1) is 12.1 Å². The topological polar surface area (TPSA) is 93.7 Å². The Hall–Kier alpha value is -3.53. The van der Waals surface area contributed by atoms with E-state index in [4.69, 9.17) is 9.47 Å². The third-order valence-corrected chi connectivity index (χ3v) is 6.45. The largest absolute Gasteiger partial charge is 0.491 e. The van der Waals surface area contributed by atoms with E-state index in [1.807, 2.05) is 53.7 Å². The molecule has 2 amide bonds. The van der Waals surface area contributed by atoms with Gasteiger partial charge in [0.25, 0.3) is 5.91 Å². The summed E-state index contributed by atoms with van der Waals surface area (Å²) in [6.45, 7) is 12.3. The number of alkyl carbamates (subject to hydrolysis) is 1. The molecule has 0 saturated carbocycles. The summed E-state index contributed by atoms with van der Waals surface area (Å²) in [7, 11) is 0. The predicted octanol–water partition coefficient (Wildman–Crippen LogP) is 6.31. The van der Waals surface area contributed by atoms with Gasteiger partial charge in [-0.25, -0.2) is 9.18 Å². The van der Waals surface area contributed by atoms with Crippen molar-refractivity contribution >= 4 is 28.5 Å². The molecule has 1 aromatic heterocycles. The van der Waals surface area contributed by atoms with Gasteiger partial charge < -0.3 is 14.8 Å². The monoisotopic (exact) mass is 542 g/mol. The van der Waals surface area contributed by atoms with E-state index in [0.29, 0.717) is 23.2 Å². The number of nitrogens with zero attached hydrogens (tertiary/aromatic N) is 3. The highest BCUT2D eigenvalue weighted by Crippen LogP contribution is 2.34. The standard InChI is InChI=1S/C28H35FN4O4S/c1-7-8-14-33(25(34)21-11-9-10-12-22(21)29)26-32-31-24(38-26)20-16-18(2)23(19(3)17-20)36-15-13-30-27(35)37-28(4,5)6/h9-12,16-17H,7-8,13-15H2,1-6H3,(H,30,35). The molecular weight excluding hydrogens is 507 g/mol. The van der Waals surface area contributed by atoms with E-state index in [0.717, 1.165) is 35.3 Å². The lowest BCUT2D eigenvalue weighted by Crippen LogP contribution is -2.34. The zero-order chi connectivity index (χ0) is 27.9. The van der Waals surface area contributed by atoms with Crippen LogP contribution in [-0.2, 0) is 4.74 Å². The minimum absolute atomic E-state index is 0.00898. The van der Waals surface area contributed by atoms with Gasteiger partial charge in [-0.1, -0.05) is 36.8 Å². The maximum Gasteiger partial charge on any atom is 0.407 e. The first-order valence-electron chi connectivity index (χ1n) is 12.6. The Bertz CT molecular complexity index is 1250. The smallest absolute Gasteiger partial charge is 0.407 e. The van der Waals surface area contributed by atoms with Gasteiger partial charge in [-0.3, -0.25) is 9.69 Å². The van der Waals surface area contributed by atoms with Gasteiger partial charge in [0.2, 0.25) is 5.13 Å². The maximum atomic E-state index is 14.3. The summed E-state index contributed by atoms with van der Waals surface area (Å²) in [6.07, 6.45) is 1.14. The third kappa shape index (κ3) is 7.74. The lowest BCUT2D eigenvalue weighted by molar-refractivity contribution is 0.0520. The summed E-state index contributed by atoms with van der Waals surface area (Å²) in [5, 5.41) is 12.3. The molecule has 2 aromatic carbocycles. The SMILES string of the molecule is CCCCN(C(=O)c1ccccc1F)c1nnc(-c2cc(C)c(OCCNC(=O)OC(C)(C)C)c(C)c2)s1. The number of halogens is 1. The Morgan fingerprint density at radius 2 is 1.79 bits per heavy atom. The van der Waals surface area contributed by atoms with Crippen molar-refractivity contribution in [1.29, 1.82) is 0 Å². The first-order valence-corrected chi connectivity index (χ1v) is 13.4. The van der Waals surface area contributed by atoms with Crippen LogP contribution < -0.4 is 15.0 Å². The van der Waals surface area contributed by atoms with E-state index in [2.05, 4.69) is 15.5 Å². The summed E-state index contributed by atoms with van der Waals surface area (Å²) in [4.78, 5) is 26.5. The van der Waals surface area contributed by atoms with E-state index in [9.17, 15) is 14.0 Å². The van der Waals surface area contributed by atoms with Crippen molar-refractivity contribution in [3.05, 3.63) is 58.9 Å². The molecule has 0 atom stereocenters. The minimum Gasteiger partial charge on any atom is -0.491 e. The van der Waals surface area contributed by atoms with E-state index in [1.54, 1.807) is 12.1 Å². The van der Waals surface area contributed by atoms with E-state index in [1.165, 1.54) is 28.4 Å². The second kappa shape index (κ2) is 12.8. The van der Waals surface area contributed by atoms with Crippen molar-refractivity contribution in [3.8, 4) is 16.3 Å². The fourth-order valence-corrected chi connectivity index (χ4v) is 4.60. The number of unbranched alkanes of at least 4 members (excludes halogenated alkanes) is 1. The zero-order valence-corrected chi connectivity index (χ0v) is 23.6. The lowest BCUT2D eigenvalue weighted by Gasteiger charge is -2.20. The van der Waals surface area contributed by atoms with E-state index < -0.39 is 23.4 Å². The van der Waals surface area contributed by atoms with Crippen LogP contribution in [0.5, 0.6) is 5.75 Å². The van der Waals surface area contributed by atoms with Crippen LogP contribution in [0.3, 0.4) is 0 Å². The van der Waals surface area contributed by atoms with Crippen molar-refractivity contribution in [2.24, 2.45) is 0 Å². The number of hydrogen-bond donors (Lipinski definition) is 1. The van der Waals surface area contributed by atoms with Gasteiger partial charge in [0, 0.05) is 12.1 Å². The van der Waals surface area contributed by atoms with Crippen LogP contribution in [0.15, 0.2) is 36.4 Å². The van der Waals surface area contributed by atoms with Crippen molar-refractivity contribution < 1.29 is 23.5 Å². The normalized spacial score (nSPS) is 11.2. The molecule has 0 saturated heterocycles. The van der Waals surface area contributed by atoms with Crippen LogP contribution in [0.4, 0.5) is 14.3 Å². The number of amides is 2. The Morgan fingerprint density at radius 3 is 2.42 bits per heavy atom. The number of hydrogen-bond acceptors (Lipinski definition) is 7. The van der Waals surface area contributed by atoms with E-state index in [-0.39, 0.29) is 12.2 Å². The zero-order valence-electron chi connectivity index (χ0n) is 22.8. The van der Waals surface area contributed by atoms with Gasteiger partial charge in [-0.15, -0.1) is 10.2 Å². The number of carbonyl (C=O) groups is 2. The molecule has 0 spiro atoms. The number of ether oxygens (including phenoxy) is 2. The number of nitrogens with one attached hydrogen (secondary N) is 1. The van der Waals surface area contributed by atoms with Gasteiger partial charge in [0.15, 0.2) is 0 Å². The number of benzene rings is 2.